The van der Waals surface area contributed by atoms with Crippen molar-refractivity contribution in [1.82, 2.24) is 10.2 Å². The zero-order valence-electron chi connectivity index (χ0n) is 15.7. The van der Waals surface area contributed by atoms with Gasteiger partial charge in [0.1, 0.15) is 17.4 Å². The smallest absolute Gasteiger partial charge is 0.244 e. The number of aromatic amines is 1. The predicted molar refractivity (Wildman–Crippen MR) is 106 cm³/mol. The maximum atomic E-state index is 9.77. The number of benzene rings is 2. The van der Waals surface area contributed by atoms with Gasteiger partial charge in [0.2, 0.25) is 11.8 Å². The molecule has 0 bridgehead atoms. The van der Waals surface area contributed by atoms with E-state index in [1.807, 2.05) is 36.4 Å². The van der Waals surface area contributed by atoms with Crippen LogP contribution in [0.1, 0.15) is 29.5 Å². The molecule has 3 aromatic rings. The Morgan fingerprint density at radius 2 is 1.89 bits per heavy atom. The van der Waals surface area contributed by atoms with Crippen molar-refractivity contribution in [3.63, 3.8) is 0 Å². The highest BCUT2D eigenvalue weighted by Gasteiger charge is 2.35. The Morgan fingerprint density at radius 3 is 2.50 bits per heavy atom. The SMILES string of the molecule is CCc1ccc([C@H]2C(C#N)=C(N)Oc3n[nH]c(-c4ccc(OC)cc4)c32)cc1. The normalized spacial score (nSPS) is 15.5. The van der Waals surface area contributed by atoms with Crippen LogP contribution in [0.25, 0.3) is 11.3 Å². The summed E-state index contributed by atoms with van der Waals surface area (Å²) in [6, 6.07) is 18.1. The van der Waals surface area contributed by atoms with Crippen LogP contribution in [0.15, 0.2) is 60.0 Å². The van der Waals surface area contributed by atoms with Gasteiger partial charge in [-0.25, -0.2) is 0 Å². The van der Waals surface area contributed by atoms with E-state index in [2.05, 4.69) is 35.3 Å². The Kier molecular flexibility index (Phi) is 4.50. The maximum Gasteiger partial charge on any atom is 0.244 e. The van der Waals surface area contributed by atoms with Gasteiger partial charge in [-0.05, 0) is 41.8 Å². The summed E-state index contributed by atoms with van der Waals surface area (Å²) >= 11 is 0. The largest absolute Gasteiger partial charge is 0.497 e. The fraction of sp³-hybridized carbons (Fsp3) is 0.182. The van der Waals surface area contributed by atoms with Crippen LogP contribution >= 0.6 is 0 Å². The van der Waals surface area contributed by atoms with Gasteiger partial charge in [-0.1, -0.05) is 31.2 Å². The van der Waals surface area contributed by atoms with Crippen molar-refractivity contribution < 1.29 is 9.47 Å². The van der Waals surface area contributed by atoms with Crippen molar-refractivity contribution in [2.24, 2.45) is 5.73 Å². The van der Waals surface area contributed by atoms with Crippen molar-refractivity contribution in [3.05, 3.63) is 76.7 Å². The number of aromatic nitrogens is 2. The minimum atomic E-state index is -0.351. The maximum absolute atomic E-state index is 9.77. The molecule has 6 nitrogen and oxygen atoms in total. The van der Waals surface area contributed by atoms with Crippen molar-refractivity contribution in [1.29, 1.82) is 5.26 Å². The topological polar surface area (TPSA) is 97.0 Å². The number of methoxy groups -OCH3 is 1. The fourth-order valence-electron chi connectivity index (χ4n) is 3.50. The molecule has 2 aromatic carbocycles. The minimum absolute atomic E-state index is 0.0901. The van der Waals surface area contributed by atoms with Crippen LogP contribution in [-0.4, -0.2) is 17.3 Å². The van der Waals surface area contributed by atoms with Crippen LogP contribution in [0.2, 0.25) is 0 Å². The molecule has 0 unspecified atom stereocenters. The van der Waals surface area contributed by atoms with Gasteiger partial charge in [0, 0.05) is 5.56 Å². The number of nitrogens with two attached hydrogens (primary N) is 1. The Balaban J connectivity index is 1.88. The van der Waals surface area contributed by atoms with E-state index >= 15 is 0 Å². The molecular weight excluding hydrogens is 352 g/mol. The molecule has 140 valence electrons. The molecule has 0 fully saturated rings. The lowest BCUT2D eigenvalue weighted by molar-refractivity contribution is 0.379. The van der Waals surface area contributed by atoms with E-state index in [4.69, 9.17) is 15.2 Å². The second-order valence-corrected chi connectivity index (χ2v) is 6.57. The number of nitrogens with one attached hydrogen (secondary N) is 1. The molecule has 0 aliphatic carbocycles. The average Bonchev–Trinajstić information content (AvgIpc) is 3.16. The second-order valence-electron chi connectivity index (χ2n) is 6.57. The van der Waals surface area contributed by atoms with Crippen molar-refractivity contribution in [2.75, 3.05) is 7.11 Å². The van der Waals surface area contributed by atoms with Gasteiger partial charge in [-0.2, -0.15) is 5.26 Å². The number of rotatable bonds is 4. The molecule has 1 aromatic heterocycles. The first kappa shape index (κ1) is 17.7. The number of allylic oxidation sites excluding steroid dienone is 1. The Morgan fingerprint density at radius 1 is 1.18 bits per heavy atom. The van der Waals surface area contributed by atoms with Crippen LogP contribution in [-0.2, 0) is 6.42 Å². The fourth-order valence-corrected chi connectivity index (χ4v) is 3.50. The van der Waals surface area contributed by atoms with Gasteiger partial charge in [-0.3, -0.25) is 5.10 Å². The van der Waals surface area contributed by atoms with Gasteiger partial charge in [0.15, 0.2) is 0 Å². The van der Waals surface area contributed by atoms with E-state index in [0.717, 1.165) is 34.6 Å². The molecule has 28 heavy (non-hydrogen) atoms. The Labute approximate surface area is 163 Å². The lowest BCUT2D eigenvalue weighted by Crippen LogP contribution is -2.21. The molecule has 1 aliphatic rings. The summed E-state index contributed by atoms with van der Waals surface area (Å²) in [5.74, 6) is 0.900. The third-order valence-electron chi connectivity index (χ3n) is 5.04. The number of hydrogen-bond acceptors (Lipinski definition) is 5. The lowest BCUT2D eigenvalue weighted by Gasteiger charge is -2.24. The molecule has 6 heteroatoms. The quantitative estimate of drug-likeness (QED) is 0.725. The third-order valence-corrected chi connectivity index (χ3v) is 5.04. The highest BCUT2D eigenvalue weighted by Crippen LogP contribution is 2.45. The second kappa shape index (κ2) is 7.12. The first-order chi connectivity index (χ1) is 13.7. The van der Waals surface area contributed by atoms with E-state index in [0.29, 0.717) is 11.5 Å². The highest BCUT2D eigenvalue weighted by molar-refractivity contribution is 5.71. The van der Waals surface area contributed by atoms with Gasteiger partial charge >= 0.3 is 0 Å². The van der Waals surface area contributed by atoms with E-state index in [9.17, 15) is 5.26 Å². The number of nitrogens with zero attached hydrogens (tertiary/aromatic N) is 2. The standard InChI is InChI=1S/C22H20N4O2/c1-3-13-4-6-14(7-5-13)18-17(12-23)21(24)28-22-19(18)20(25-26-22)15-8-10-16(27-2)11-9-15/h4-11,18H,3,24H2,1-2H3,(H,25,26)/t18-/m0/s1. The molecule has 0 radical (unpaired) electrons. The lowest BCUT2D eigenvalue weighted by atomic mass is 9.82. The number of hydrogen-bond donors (Lipinski definition) is 2. The number of aryl methyl sites for hydroxylation is 1. The summed E-state index contributed by atoms with van der Waals surface area (Å²) in [6.07, 6.45) is 0.950. The van der Waals surface area contributed by atoms with Crippen LogP contribution in [0, 0.1) is 11.3 Å². The molecule has 1 aliphatic heterocycles. The molecule has 0 saturated heterocycles. The molecule has 0 saturated carbocycles. The predicted octanol–water partition coefficient (Wildman–Crippen LogP) is 3.87. The number of H-pyrrole nitrogens is 1. The molecule has 2 heterocycles. The van der Waals surface area contributed by atoms with Crippen LogP contribution in [0.5, 0.6) is 11.6 Å². The summed E-state index contributed by atoms with van der Waals surface area (Å²) < 4.78 is 10.9. The molecule has 4 rings (SSSR count). The van der Waals surface area contributed by atoms with E-state index in [1.165, 1.54) is 5.56 Å². The monoisotopic (exact) mass is 372 g/mol. The van der Waals surface area contributed by atoms with Crippen LogP contribution in [0.4, 0.5) is 0 Å². The van der Waals surface area contributed by atoms with Gasteiger partial charge in [0.05, 0.1) is 24.3 Å². The molecule has 1 atom stereocenters. The summed E-state index contributed by atoms with van der Waals surface area (Å²) in [7, 11) is 1.63. The summed E-state index contributed by atoms with van der Waals surface area (Å²) in [4.78, 5) is 0. The van der Waals surface area contributed by atoms with Crippen LogP contribution in [0.3, 0.4) is 0 Å². The zero-order chi connectivity index (χ0) is 19.7. The third kappa shape index (κ3) is 2.87. The minimum Gasteiger partial charge on any atom is -0.497 e. The summed E-state index contributed by atoms with van der Waals surface area (Å²) in [6.45, 7) is 2.11. The van der Waals surface area contributed by atoms with E-state index < -0.39 is 0 Å². The van der Waals surface area contributed by atoms with Crippen molar-refractivity contribution in [3.8, 4) is 29.0 Å². The number of ether oxygens (including phenoxy) is 2. The number of fused-ring (bicyclic) bond motifs is 1. The summed E-state index contributed by atoms with van der Waals surface area (Å²) in [5, 5.41) is 17.1. The molecule has 0 spiro atoms. The van der Waals surface area contributed by atoms with E-state index in [-0.39, 0.29) is 11.8 Å². The Hall–Kier alpha value is -3.72. The van der Waals surface area contributed by atoms with Crippen LogP contribution < -0.4 is 15.2 Å². The average molecular weight is 372 g/mol. The Bertz CT molecular complexity index is 1070. The molecular formula is C22H20N4O2. The first-order valence-corrected chi connectivity index (χ1v) is 9.05. The van der Waals surface area contributed by atoms with E-state index in [1.54, 1.807) is 7.11 Å². The molecule has 0 amide bonds. The highest BCUT2D eigenvalue weighted by atomic mass is 16.5. The van der Waals surface area contributed by atoms with Gasteiger partial charge in [0.25, 0.3) is 0 Å². The molecule has 3 N–H and O–H groups in total. The number of nitriles is 1. The van der Waals surface area contributed by atoms with Gasteiger partial charge < -0.3 is 15.2 Å². The zero-order valence-corrected chi connectivity index (χ0v) is 15.7. The van der Waals surface area contributed by atoms with Crippen molar-refractivity contribution in [2.45, 2.75) is 19.3 Å². The van der Waals surface area contributed by atoms with Gasteiger partial charge in [-0.15, -0.1) is 5.10 Å². The first-order valence-electron chi connectivity index (χ1n) is 9.05. The van der Waals surface area contributed by atoms with Crippen molar-refractivity contribution >= 4 is 0 Å². The summed E-state index contributed by atoms with van der Waals surface area (Å²) in [5.41, 5.74) is 11.1.